The van der Waals surface area contributed by atoms with E-state index in [0.717, 1.165) is 28.0 Å². The van der Waals surface area contributed by atoms with Gasteiger partial charge in [0.05, 0.1) is 16.4 Å². The fourth-order valence-corrected chi connectivity index (χ4v) is 2.13. The quantitative estimate of drug-likeness (QED) is 0.924. The number of rotatable bonds is 5. The molecule has 0 saturated carbocycles. The zero-order valence-corrected chi connectivity index (χ0v) is 11.9. The zero-order chi connectivity index (χ0) is 13.0. The molecule has 96 valence electrons. The van der Waals surface area contributed by atoms with Gasteiger partial charge in [-0.15, -0.1) is 0 Å². The molecule has 1 heterocycles. The molecule has 0 unspecified atom stereocenters. The number of nitrogens with two attached hydrogens (primary N) is 1. The van der Waals surface area contributed by atoms with Gasteiger partial charge in [0.15, 0.2) is 0 Å². The van der Waals surface area contributed by atoms with Crippen LogP contribution in [-0.2, 0) is 19.7 Å². The van der Waals surface area contributed by atoms with E-state index in [4.69, 9.17) is 10.5 Å². The number of nitrogens with zero attached hydrogens (tertiary/aromatic N) is 2. The molecule has 2 N–H and O–H groups in total. The van der Waals surface area contributed by atoms with Gasteiger partial charge < -0.3 is 10.5 Å². The maximum Gasteiger partial charge on any atom is 0.131 e. The van der Waals surface area contributed by atoms with Crippen molar-refractivity contribution in [2.45, 2.75) is 26.6 Å². The van der Waals surface area contributed by atoms with Crippen molar-refractivity contribution in [2.75, 3.05) is 0 Å². The van der Waals surface area contributed by atoms with E-state index in [0.29, 0.717) is 13.2 Å². The first-order valence-electron chi connectivity index (χ1n) is 5.86. The highest BCUT2D eigenvalue weighted by atomic mass is 79.9. The zero-order valence-electron chi connectivity index (χ0n) is 10.3. The number of hydrogen-bond donors (Lipinski definition) is 1. The van der Waals surface area contributed by atoms with Crippen molar-refractivity contribution < 1.29 is 4.74 Å². The first-order chi connectivity index (χ1) is 8.74. The lowest BCUT2D eigenvalue weighted by atomic mass is 10.2. The van der Waals surface area contributed by atoms with E-state index in [1.54, 1.807) is 6.20 Å². The molecule has 0 amide bonds. The Balaban J connectivity index is 2.08. The monoisotopic (exact) mass is 309 g/mol. The predicted molar refractivity (Wildman–Crippen MR) is 74.3 cm³/mol. The lowest BCUT2D eigenvalue weighted by Gasteiger charge is -2.09. The molecule has 0 radical (unpaired) electrons. The lowest BCUT2D eigenvalue weighted by molar-refractivity contribution is 0.291. The van der Waals surface area contributed by atoms with Crippen molar-refractivity contribution in [2.24, 2.45) is 5.73 Å². The van der Waals surface area contributed by atoms with Crippen molar-refractivity contribution in [3.05, 3.63) is 46.2 Å². The van der Waals surface area contributed by atoms with Crippen LogP contribution in [0.2, 0.25) is 0 Å². The molecule has 2 rings (SSSR count). The highest BCUT2D eigenvalue weighted by Gasteiger charge is 2.08. The molecule has 18 heavy (non-hydrogen) atoms. The van der Waals surface area contributed by atoms with Crippen molar-refractivity contribution >= 4 is 15.9 Å². The molecule has 4 nitrogen and oxygen atoms in total. The Morgan fingerprint density at radius 1 is 1.44 bits per heavy atom. The number of hydrogen-bond acceptors (Lipinski definition) is 3. The van der Waals surface area contributed by atoms with E-state index in [1.807, 2.05) is 28.9 Å². The van der Waals surface area contributed by atoms with Gasteiger partial charge in [-0.3, -0.25) is 4.68 Å². The third-order valence-corrected chi connectivity index (χ3v) is 3.37. The van der Waals surface area contributed by atoms with Crippen LogP contribution in [0.4, 0.5) is 0 Å². The summed E-state index contributed by atoms with van der Waals surface area (Å²) in [5, 5.41) is 4.25. The van der Waals surface area contributed by atoms with Crippen LogP contribution in [0.25, 0.3) is 0 Å². The molecule has 1 aromatic heterocycles. The van der Waals surface area contributed by atoms with Gasteiger partial charge >= 0.3 is 0 Å². The number of benzene rings is 1. The summed E-state index contributed by atoms with van der Waals surface area (Å²) in [7, 11) is 0. The van der Waals surface area contributed by atoms with E-state index >= 15 is 0 Å². The first kappa shape index (κ1) is 13.1. The van der Waals surface area contributed by atoms with Crippen LogP contribution in [0.15, 0.2) is 34.9 Å². The summed E-state index contributed by atoms with van der Waals surface area (Å²) in [6.07, 6.45) is 1.79. The molecular formula is C13H16BrN3O. The summed E-state index contributed by atoms with van der Waals surface area (Å²) in [6.45, 7) is 3.89. The second kappa shape index (κ2) is 6.02. The Labute approximate surface area is 115 Å². The van der Waals surface area contributed by atoms with E-state index in [2.05, 4.69) is 28.0 Å². The van der Waals surface area contributed by atoms with Crippen molar-refractivity contribution in [3.63, 3.8) is 0 Å². The lowest BCUT2D eigenvalue weighted by Crippen LogP contribution is -2.07. The largest absolute Gasteiger partial charge is 0.487 e. The molecule has 0 aliphatic carbocycles. The molecule has 0 fully saturated rings. The predicted octanol–water partition coefficient (Wildman–Crippen LogP) is 2.70. The molecule has 0 aliphatic rings. The Morgan fingerprint density at radius 2 is 2.28 bits per heavy atom. The molecule has 5 heteroatoms. The van der Waals surface area contributed by atoms with Gasteiger partial charge in [0.1, 0.15) is 12.4 Å². The van der Waals surface area contributed by atoms with Crippen LogP contribution in [0.5, 0.6) is 5.75 Å². The van der Waals surface area contributed by atoms with Gasteiger partial charge in [0, 0.05) is 13.1 Å². The van der Waals surface area contributed by atoms with Gasteiger partial charge in [-0.2, -0.15) is 5.10 Å². The molecule has 2 aromatic rings. The standard InChI is InChI=1S/C13H16BrN3O/c1-2-17-13(12(14)8-16-17)9-18-11-5-3-4-10(6-11)7-15/h3-6,8H,2,7,9,15H2,1H3. The number of halogens is 1. The maximum atomic E-state index is 5.77. The topological polar surface area (TPSA) is 53.1 Å². The normalized spacial score (nSPS) is 10.6. The fourth-order valence-electron chi connectivity index (χ4n) is 1.72. The molecule has 0 saturated heterocycles. The minimum absolute atomic E-state index is 0.489. The van der Waals surface area contributed by atoms with Gasteiger partial charge in [-0.05, 0) is 40.5 Å². The van der Waals surface area contributed by atoms with Crippen LogP contribution in [0, 0.1) is 0 Å². The molecule has 0 atom stereocenters. The minimum Gasteiger partial charge on any atom is -0.487 e. The second-order valence-corrected chi connectivity index (χ2v) is 4.75. The van der Waals surface area contributed by atoms with Crippen LogP contribution >= 0.6 is 15.9 Å². The van der Waals surface area contributed by atoms with E-state index in [-0.39, 0.29) is 0 Å². The maximum absolute atomic E-state index is 5.77. The number of aryl methyl sites for hydroxylation is 1. The second-order valence-electron chi connectivity index (χ2n) is 3.90. The summed E-state index contributed by atoms with van der Waals surface area (Å²) in [5.74, 6) is 0.828. The molecule has 0 bridgehead atoms. The van der Waals surface area contributed by atoms with Crippen molar-refractivity contribution in [1.29, 1.82) is 0 Å². The Kier molecular flexibility index (Phi) is 4.38. The van der Waals surface area contributed by atoms with Crippen molar-refractivity contribution in [1.82, 2.24) is 9.78 Å². The summed E-state index contributed by atoms with van der Waals surface area (Å²) < 4.78 is 8.65. The van der Waals surface area contributed by atoms with Crippen molar-refractivity contribution in [3.8, 4) is 5.75 Å². The van der Waals surface area contributed by atoms with Crippen LogP contribution in [0.3, 0.4) is 0 Å². The summed E-state index contributed by atoms with van der Waals surface area (Å²) in [5.41, 5.74) is 7.71. The average Bonchev–Trinajstić information content (AvgIpc) is 2.77. The Bertz CT molecular complexity index is 525. The highest BCUT2D eigenvalue weighted by Crippen LogP contribution is 2.19. The average molecular weight is 310 g/mol. The number of ether oxygens (including phenoxy) is 1. The van der Waals surface area contributed by atoms with Gasteiger partial charge in [0.25, 0.3) is 0 Å². The first-order valence-corrected chi connectivity index (χ1v) is 6.66. The van der Waals surface area contributed by atoms with Crippen LogP contribution in [-0.4, -0.2) is 9.78 Å². The molecular weight excluding hydrogens is 294 g/mol. The van der Waals surface area contributed by atoms with Crippen LogP contribution in [0.1, 0.15) is 18.2 Å². The van der Waals surface area contributed by atoms with Gasteiger partial charge in [0.2, 0.25) is 0 Å². The van der Waals surface area contributed by atoms with Crippen LogP contribution < -0.4 is 10.5 Å². The fraction of sp³-hybridized carbons (Fsp3) is 0.308. The van der Waals surface area contributed by atoms with E-state index < -0.39 is 0 Å². The molecule has 0 spiro atoms. The summed E-state index contributed by atoms with van der Waals surface area (Å²) in [6, 6.07) is 7.82. The van der Waals surface area contributed by atoms with E-state index in [1.165, 1.54) is 0 Å². The third kappa shape index (κ3) is 2.91. The van der Waals surface area contributed by atoms with Gasteiger partial charge in [-0.25, -0.2) is 0 Å². The molecule has 0 aliphatic heterocycles. The SMILES string of the molecule is CCn1ncc(Br)c1COc1cccc(CN)c1. The number of aromatic nitrogens is 2. The smallest absolute Gasteiger partial charge is 0.131 e. The Hall–Kier alpha value is -1.33. The molecule has 1 aromatic carbocycles. The summed E-state index contributed by atoms with van der Waals surface area (Å²) >= 11 is 3.48. The van der Waals surface area contributed by atoms with Gasteiger partial charge in [-0.1, -0.05) is 12.1 Å². The highest BCUT2D eigenvalue weighted by molar-refractivity contribution is 9.10. The van der Waals surface area contributed by atoms with E-state index in [9.17, 15) is 0 Å². The minimum atomic E-state index is 0.489. The third-order valence-electron chi connectivity index (χ3n) is 2.71. The summed E-state index contributed by atoms with van der Waals surface area (Å²) in [4.78, 5) is 0. The Morgan fingerprint density at radius 3 is 3.00 bits per heavy atom.